The highest BCUT2D eigenvalue weighted by molar-refractivity contribution is 5.94. The van der Waals surface area contributed by atoms with Crippen molar-refractivity contribution in [3.63, 3.8) is 0 Å². The zero-order chi connectivity index (χ0) is 15.1. The number of aryl methyl sites for hydroxylation is 1. The fraction of sp³-hybridized carbons (Fsp3) is 0.533. The minimum absolute atomic E-state index is 0.0470. The number of carboxylic acid groups (broad SMARTS) is 1. The van der Waals surface area contributed by atoms with E-state index in [1.165, 1.54) is 6.20 Å². The van der Waals surface area contributed by atoms with E-state index in [-0.39, 0.29) is 18.2 Å². The summed E-state index contributed by atoms with van der Waals surface area (Å²) in [6.07, 6.45) is 4.04. The Morgan fingerprint density at radius 2 is 2.05 bits per heavy atom. The monoisotopic (exact) mass is 278 g/mol. The van der Waals surface area contributed by atoms with Crippen LogP contribution in [0.3, 0.4) is 0 Å². The summed E-state index contributed by atoms with van der Waals surface area (Å²) < 4.78 is 0. The minimum Gasteiger partial charge on any atom is -0.481 e. The lowest BCUT2D eigenvalue weighted by molar-refractivity contribution is -0.138. The van der Waals surface area contributed by atoms with Crippen LogP contribution in [0.2, 0.25) is 0 Å². The van der Waals surface area contributed by atoms with Crippen molar-refractivity contribution in [3.05, 3.63) is 29.6 Å². The van der Waals surface area contributed by atoms with Crippen LogP contribution in [0.4, 0.5) is 0 Å². The van der Waals surface area contributed by atoms with E-state index in [0.29, 0.717) is 18.0 Å². The number of pyridine rings is 1. The maximum atomic E-state index is 12.0. The summed E-state index contributed by atoms with van der Waals surface area (Å²) in [5.41, 5.74) is 1.42. The molecule has 1 aromatic rings. The number of aromatic nitrogens is 1. The highest BCUT2D eigenvalue weighted by Crippen LogP contribution is 2.15. The molecule has 0 aromatic carbocycles. The Bertz CT molecular complexity index is 472. The number of carbonyl (C=O) groups is 2. The van der Waals surface area contributed by atoms with Crippen molar-refractivity contribution in [2.75, 3.05) is 6.54 Å². The van der Waals surface area contributed by atoms with E-state index in [0.717, 1.165) is 12.0 Å². The second-order valence-electron chi connectivity index (χ2n) is 5.55. The van der Waals surface area contributed by atoms with Gasteiger partial charge < -0.3 is 10.4 Å². The molecule has 0 saturated carbocycles. The van der Waals surface area contributed by atoms with Crippen molar-refractivity contribution < 1.29 is 14.7 Å². The standard InChI is InChI=1S/C15H22N2O3/c1-10(2)4-12(6-14(18)19)8-17-15(20)13-5-11(3)7-16-9-13/h5,7,9-10,12H,4,6,8H2,1-3H3,(H,17,20)(H,18,19)/t12-/m0/s1. The third-order valence-corrected chi connectivity index (χ3v) is 2.96. The first-order chi connectivity index (χ1) is 9.38. The van der Waals surface area contributed by atoms with Crippen LogP contribution in [0.25, 0.3) is 0 Å². The van der Waals surface area contributed by atoms with Gasteiger partial charge in [0.1, 0.15) is 0 Å². The molecule has 1 atom stereocenters. The smallest absolute Gasteiger partial charge is 0.303 e. The van der Waals surface area contributed by atoms with Crippen LogP contribution in [-0.4, -0.2) is 28.5 Å². The van der Waals surface area contributed by atoms with E-state index in [1.54, 1.807) is 12.3 Å². The fourth-order valence-corrected chi connectivity index (χ4v) is 2.17. The first-order valence-corrected chi connectivity index (χ1v) is 6.80. The number of hydrogen-bond acceptors (Lipinski definition) is 3. The molecule has 1 rings (SSSR count). The lowest BCUT2D eigenvalue weighted by atomic mass is 9.94. The van der Waals surface area contributed by atoms with Crippen LogP contribution in [0, 0.1) is 18.8 Å². The molecule has 20 heavy (non-hydrogen) atoms. The summed E-state index contributed by atoms with van der Waals surface area (Å²) in [4.78, 5) is 26.8. The number of carboxylic acids is 1. The SMILES string of the molecule is Cc1cncc(C(=O)NC[C@H](CC(=O)O)CC(C)C)c1. The van der Waals surface area contributed by atoms with Crippen LogP contribution in [0.5, 0.6) is 0 Å². The maximum absolute atomic E-state index is 12.0. The van der Waals surface area contributed by atoms with Gasteiger partial charge in [0, 0.05) is 25.4 Å². The van der Waals surface area contributed by atoms with Crippen LogP contribution >= 0.6 is 0 Å². The lowest BCUT2D eigenvalue weighted by Gasteiger charge is -2.17. The minimum atomic E-state index is -0.831. The van der Waals surface area contributed by atoms with Crippen molar-refractivity contribution in [2.45, 2.75) is 33.6 Å². The number of amides is 1. The van der Waals surface area contributed by atoms with Gasteiger partial charge >= 0.3 is 5.97 Å². The van der Waals surface area contributed by atoms with E-state index >= 15 is 0 Å². The molecule has 0 aliphatic carbocycles. The summed E-state index contributed by atoms with van der Waals surface area (Å²) in [6.45, 7) is 6.33. The Hall–Kier alpha value is -1.91. The highest BCUT2D eigenvalue weighted by Gasteiger charge is 2.16. The molecular weight excluding hydrogens is 256 g/mol. The normalized spacial score (nSPS) is 12.2. The molecule has 0 bridgehead atoms. The molecule has 1 aromatic heterocycles. The largest absolute Gasteiger partial charge is 0.481 e. The Morgan fingerprint density at radius 1 is 1.35 bits per heavy atom. The average molecular weight is 278 g/mol. The molecule has 1 amide bonds. The number of carbonyl (C=O) groups excluding carboxylic acids is 1. The third kappa shape index (κ3) is 5.82. The molecule has 0 aliphatic rings. The van der Waals surface area contributed by atoms with E-state index in [2.05, 4.69) is 10.3 Å². The van der Waals surface area contributed by atoms with E-state index in [9.17, 15) is 9.59 Å². The summed E-state index contributed by atoms with van der Waals surface area (Å²) in [5.74, 6) is -0.687. The van der Waals surface area contributed by atoms with Crippen LogP contribution in [0.15, 0.2) is 18.5 Å². The number of hydrogen-bond donors (Lipinski definition) is 2. The summed E-state index contributed by atoms with van der Waals surface area (Å²) in [6, 6.07) is 1.76. The van der Waals surface area contributed by atoms with Gasteiger partial charge in [-0.15, -0.1) is 0 Å². The zero-order valence-electron chi connectivity index (χ0n) is 12.2. The van der Waals surface area contributed by atoms with Crippen molar-refractivity contribution in [1.29, 1.82) is 0 Å². The molecule has 1 heterocycles. The summed E-state index contributed by atoms with van der Waals surface area (Å²) in [7, 11) is 0. The van der Waals surface area contributed by atoms with Gasteiger partial charge in [-0.2, -0.15) is 0 Å². The van der Waals surface area contributed by atoms with E-state index in [1.807, 2.05) is 20.8 Å². The predicted molar refractivity (Wildman–Crippen MR) is 76.5 cm³/mol. The molecule has 110 valence electrons. The van der Waals surface area contributed by atoms with Gasteiger partial charge in [0.25, 0.3) is 5.91 Å². The number of nitrogens with zero attached hydrogens (tertiary/aromatic N) is 1. The van der Waals surface area contributed by atoms with Crippen molar-refractivity contribution in [2.24, 2.45) is 11.8 Å². The second-order valence-corrected chi connectivity index (χ2v) is 5.55. The Morgan fingerprint density at radius 3 is 2.60 bits per heavy atom. The zero-order valence-corrected chi connectivity index (χ0v) is 12.2. The Kier molecular flexibility index (Phi) is 6.15. The van der Waals surface area contributed by atoms with E-state index in [4.69, 9.17) is 5.11 Å². The van der Waals surface area contributed by atoms with Gasteiger partial charge in [0.15, 0.2) is 0 Å². The van der Waals surface area contributed by atoms with E-state index < -0.39 is 5.97 Å². The van der Waals surface area contributed by atoms with Crippen LogP contribution in [-0.2, 0) is 4.79 Å². The van der Waals surface area contributed by atoms with Crippen molar-refractivity contribution in [3.8, 4) is 0 Å². The van der Waals surface area contributed by atoms with Gasteiger partial charge in [0.05, 0.1) is 5.56 Å². The topological polar surface area (TPSA) is 79.3 Å². The number of aliphatic carboxylic acids is 1. The van der Waals surface area contributed by atoms with Crippen molar-refractivity contribution in [1.82, 2.24) is 10.3 Å². The molecule has 0 spiro atoms. The molecule has 5 nitrogen and oxygen atoms in total. The lowest BCUT2D eigenvalue weighted by Crippen LogP contribution is -2.31. The van der Waals surface area contributed by atoms with Crippen molar-refractivity contribution >= 4 is 11.9 Å². The Balaban J connectivity index is 2.57. The molecule has 0 unspecified atom stereocenters. The average Bonchev–Trinajstić information content (AvgIpc) is 2.34. The second kappa shape index (κ2) is 7.62. The first-order valence-electron chi connectivity index (χ1n) is 6.80. The summed E-state index contributed by atoms with van der Waals surface area (Å²) >= 11 is 0. The van der Waals surface area contributed by atoms with Gasteiger partial charge in [-0.25, -0.2) is 0 Å². The fourth-order valence-electron chi connectivity index (χ4n) is 2.17. The Labute approximate surface area is 119 Å². The van der Waals surface area contributed by atoms with Gasteiger partial charge in [-0.1, -0.05) is 13.8 Å². The van der Waals surface area contributed by atoms with Crippen LogP contribution in [0.1, 0.15) is 42.6 Å². The quantitative estimate of drug-likeness (QED) is 0.801. The van der Waals surface area contributed by atoms with Crippen LogP contribution < -0.4 is 5.32 Å². The molecule has 2 N–H and O–H groups in total. The molecule has 0 saturated heterocycles. The molecule has 0 aliphatic heterocycles. The first kappa shape index (κ1) is 16.1. The molecule has 5 heteroatoms. The maximum Gasteiger partial charge on any atom is 0.303 e. The summed E-state index contributed by atoms with van der Waals surface area (Å²) in [5, 5.41) is 11.7. The van der Waals surface area contributed by atoms with Gasteiger partial charge in [-0.05, 0) is 36.8 Å². The highest BCUT2D eigenvalue weighted by atomic mass is 16.4. The van der Waals surface area contributed by atoms with Gasteiger partial charge in [-0.3, -0.25) is 14.6 Å². The molecule has 0 radical (unpaired) electrons. The predicted octanol–water partition coefficient (Wildman–Crippen LogP) is 2.26. The van der Waals surface area contributed by atoms with Gasteiger partial charge in [0.2, 0.25) is 0 Å². The third-order valence-electron chi connectivity index (χ3n) is 2.96. The number of rotatable bonds is 7. The molecule has 0 fully saturated rings. The molecular formula is C15H22N2O3. The number of nitrogens with one attached hydrogen (secondary N) is 1.